The molecule has 0 bridgehead atoms. The normalized spacial score (nSPS) is 24.7. The zero-order chi connectivity index (χ0) is 13.7. The molecule has 0 aromatic rings. The van der Waals surface area contributed by atoms with E-state index in [1.54, 1.807) is 0 Å². The molecule has 6 heteroatoms. The predicted molar refractivity (Wildman–Crippen MR) is 66.8 cm³/mol. The van der Waals surface area contributed by atoms with E-state index in [0.717, 1.165) is 25.9 Å². The second kappa shape index (κ2) is 6.34. The monoisotopic (exact) mass is 271 g/mol. The number of aliphatic carboxylic acids is 1. The average molecular weight is 271 g/mol. The van der Waals surface area contributed by atoms with Gasteiger partial charge in [-0.1, -0.05) is 0 Å². The number of rotatable bonds is 7. The van der Waals surface area contributed by atoms with E-state index in [-0.39, 0.29) is 18.4 Å². The first-order chi connectivity index (χ1) is 9.12. The Hall–Kier alpha value is -1.14. The second-order valence-corrected chi connectivity index (χ2v) is 5.25. The maximum atomic E-state index is 11.7. The van der Waals surface area contributed by atoms with Crippen molar-refractivity contribution in [2.24, 2.45) is 0 Å². The number of hydrogen-bond donors (Lipinski definition) is 2. The molecule has 1 aliphatic carbocycles. The van der Waals surface area contributed by atoms with Crippen molar-refractivity contribution in [1.82, 2.24) is 5.32 Å². The largest absolute Gasteiger partial charge is 0.480 e. The molecule has 2 rings (SSSR count). The summed E-state index contributed by atoms with van der Waals surface area (Å²) in [5.74, 6) is -1.19. The summed E-state index contributed by atoms with van der Waals surface area (Å²) in [6.07, 6.45) is 4.31. The molecule has 2 N–H and O–H groups in total. The Morgan fingerprint density at radius 3 is 2.68 bits per heavy atom. The smallest absolute Gasteiger partial charge is 0.329 e. The molecule has 1 unspecified atom stereocenters. The first-order valence-corrected chi connectivity index (χ1v) is 6.86. The van der Waals surface area contributed by atoms with Gasteiger partial charge in [-0.15, -0.1) is 0 Å². The van der Waals surface area contributed by atoms with Gasteiger partial charge in [0, 0.05) is 13.0 Å². The summed E-state index contributed by atoms with van der Waals surface area (Å²) < 4.78 is 10.8. The van der Waals surface area contributed by atoms with Crippen LogP contribution in [0.4, 0.5) is 0 Å². The summed E-state index contributed by atoms with van der Waals surface area (Å²) in [7, 11) is 0. The van der Waals surface area contributed by atoms with Gasteiger partial charge in [0.05, 0.1) is 19.3 Å². The van der Waals surface area contributed by atoms with Gasteiger partial charge in [0.25, 0.3) is 0 Å². The Morgan fingerprint density at radius 1 is 1.37 bits per heavy atom. The first kappa shape index (κ1) is 14.3. The third-order valence-corrected chi connectivity index (χ3v) is 3.80. The van der Waals surface area contributed by atoms with Gasteiger partial charge in [-0.2, -0.15) is 0 Å². The molecular weight excluding hydrogens is 250 g/mol. The quantitative estimate of drug-likeness (QED) is 0.666. The standard InChI is InChI=1S/C13H21NO5/c15-11(14-13(12(16)17)5-2-6-13)4-8-18-9-10-3-1-7-19-10/h10H,1-9H2,(H,14,15)(H,16,17). The number of nitrogens with one attached hydrogen (secondary N) is 1. The number of carbonyl (C=O) groups excluding carboxylic acids is 1. The van der Waals surface area contributed by atoms with Crippen LogP contribution in [0.1, 0.15) is 38.5 Å². The van der Waals surface area contributed by atoms with Crippen molar-refractivity contribution in [3.63, 3.8) is 0 Å². The topological polar surface area (TPSA) is 84.9 Å². The number of carboxylic acids is 1. The number of ether oxygens (including phenoxy) is 2. The van der Waals surface area contributed by atoms with Crippen molar-refractivity contribution >= 4 is 11.9 Å². The zero-order valence-corrected chi connectivity index (χ0v) is 11.0. The first-order valence-electron chi connectivity index (χ1n) is 6.86. The molecule has 0 radical (unpaired) electrons. The fourth-order valence-corrected chi connectivity index (χ4v) is 2.41. The Kier molecular flexibility index (Phi) is 4.76. The van der Waals surface area contributed by atoms with Crippen molar-refractivity contribution in [3.8, 4) is 0 Å². The van der Waals surface area contributed by atoms with E-state index < -0.39 is 11.5 Å². The Labute approximate surface area is 112 Å². The molecule has 1 aliphatic heterocycles. The lowest BCUT2D eigenvalue weighted by Gasteiger charge is -2.38. The SMILES string of the molecule is O=C(CCOCC1CCCO1)NC1(C(=O)O)CCC1. The molecule has 1 atom stereocenters. The Morgan fingerprint density at radius 2 is 2.16 bits per heavy atom. The lowest BCUT2D eigenvalue weighted by atomic mass is 9.76. The highest BCUT2D eigenvalue weighted by Gasteiger charge is 2.45. The van der Waals surface area contributed by atoms with Crippen LogP contribution in [0.15, 0.2) is 0 Å². The highest BCUT2D eigenvalue weighted by Crippen LogP contribution is 2.32. The van der Waals surface area contributed by atoms with Crippen molar-refractivity contribution in [1.29, 1.82) is 0 Å². The molecular formula is C13H21NO5. The highest BCUT2D eigenvalue weighted by atomic mass is 16.5. The summed E-state index contributed by atoms with van der Waals surface area (Å²) >= 11 is 0. The lowest BCUT2D eigenvalue weighted by molar-refractivity contribution is -0.152. The van der Waals surface area contributed by atoms with E-state index in [0.29, 0.717) is 26.1 Å². The molecule has 0 aromatic heterocycles. The van der Waals surface area contributed by atoms with Crippen LogP contribution in [0.25, 0.3) is 0 Å². The Balaban J connectivity index is 1.60. The van der Waals surface area contributed by atoms with Crippen LogP contribution in [0, 0.1) is 0 Å². The van der Waals surface area contributed by atoms with Crippen LogP contribution in [0.5, 0.6) is 0 Å². The van der Waals surface area contributed by atoms with E-state index in [2.05, 4.69) is 5.32 Å². The molecule has 1 saturated heterocycles. The molecule has 6 nitrogen and oxygen atoms in total. The summed E-state index contributed by atoms with van der Waals surface area (Å²) in [6, 6.07) is 0. The molecule has 2 fully saturated rings. The van der Waals surface area contributed by atoms with E-state index >= 15 is 0 Å². The number of hydrogen-bond acceptors (Lipinski definition) is 4. The number of carbonyl (C=O) groups is 2. The molecule has 19 heavy (non-hydrogen) atoms. The fourth-order valence-electron chi connectivity index (χ4n) is 2.41. The third-order valence-electron chi connectivity index (χ3n) is 3.80. The maximum Gasteiger partial charge on any atom is 0.329 e. The van der Waals surface area contributed by atoms with E-state index in [4.69, 9.17) is 14.6 Å². The third kappa shape index (κ3) is 3.67. The van der Waals surface area contributed by atoms with Crippen molar-refractivity contribution in [3.05, 3.63) is 0 Å². The van der Waals surface area contributed by atoms with Crippen LogP contribution >= 0.6 is 0 Å². The van der Waals surface area contributed by atoms with Gasteiger partial charge < -0.3 is 19.9 Å². The highest BCUT2D eigenvalue weighted by molar-refractivity contribution is 5.87. The van der Waals surface area contributed by atoms with Gasteiger partial charge >= 0.3 is 5.97 Å². The van der Waals surface area contributed by atoms with Crippen LogP contribution < -0.4 is 5.32 Å². The van der Waals surface area contributed by atoms with Crippen molar-refractivity contribution in [2.75, 3.05) is 19.8 Å². The van der Waals surface area contributed by atoms with Gasteiger partial charge in [0.1, 0.15) is 5.54 Å². The van der Waals surface area contributed by atoms with E-state index in [1.807, 2.05) is 0 Å². The molecule has 108 valence electrons. The molecule has 1 heterocycles. The zero-order valence-electron chi connectivity index (χ0n) is 11.0. The van der Waals surface area contributed by atoms with Crippen LogP contribution in [-0.4, -0.2) is 48.4 Å². The molecule has 1 saturated carbocycles. The molecule has 1 amide bonds. The van der Waals surface area contributed by atoms with E-state index in [9.17, 15) is 9.59 Å². The van der Waals surface area contributed by atoms with Crippen LogP contribution in [-0.2, 0) is 19.1 Å². The van der Waals surface area contributed by atoms with Crippen LogP contribution in [0.2, 0.25) is 0 Å². The lowest BCUT2D eigenvalue weighted by Crippen LogP contribution is -2.59. The van der Waals surface area contributed by atoms with E-state index in [1.165, 1.54) is 0 Å². The van der Waals surface area contributed by atoms with Gasteiger partial charge in [-0.05, 0) is 32.1 Å². The summed E-state index contributed by atoms with van der Waals surface area (Å²) in [5.41, 5.74) is -1.02. The minimum Gasteiger partial charge on any atom is -0.480 e. The molecule has 0 spiro atoms. The minimum absolute atomic E-state index is 0.153. The number of amides is 1. The second-order valence-electron chi connectivity index (χ2n) is 5.25. The number of carboxylic acid groups (broad SMARTS) is 1. The summed E-state index contributed by atoms with van der Waals surface area (Å²) in [6.45, 7) is 1.61. The average Bonchev–Trinajstić information content (AvgIpc) is 2.82. The minimum atomic E-state index is -1.02. The molecule has 2 aliphatic rings. The van der Waals surface area contributed by atoms with Crippen LogP contribution in [0.3, 0.4) is 0 Å². The van der Waals surface area contributed by atoms with Gasteiger partial charge in [-0.25, -0.2) is 4.79 Å². The van der Waals surface area contributed by atoms with Crippen molar-refractivity contribution < 1.29 is 24.2 Å². The summed E-state index contributed by atoms with van der Waals surface area (Å²) in [4.78, 5) is 22.7. The molecule has 0 aromatic carbocycles. The van der Waals surface area contributed by atoms with Crippen molar-refractivity contribution in [2.45, 2.75) is 50.2 Å². The summed E-state index contributed by atoms with van der Waals surface area (Å²) in [5, 5.41) is 11.7. The fraction of sp³-hybridized carbons (Fsp3) is 0.846. The van der Waals surface area contributed by atoms with Gasteiger partial charge in [0.15, 0.2) is 0 Å². The van der Waals surface area contributed by atoms with Gasteiger partial charge in [-0.3, -0.25) is 4.79 Å². The predicted octanol–water partition coefficient (Wildman–Crippen LogP) is 0.696. The van der Waals surface area contributed by atoms with Gasteiger partial charge in [0.2, 0.25) is 5.91 Å². The maximum absolute atomic E-state index is 11.7. The Bertz CT molecular complexity index is 334.